The molecular formula is C22H28FIN4O2S. The van der Waals surface area contributed by atoms with E-state index in [1.54, 1.807) is 0 Å². The van der Waals surface area contributed by atoms with E-state index in [2.05, 4.69) is 26.7 Å². The van der Waals surface area contributed by atoms with E-state index in [-0.39, 0.29) is 36.3 Å². The quantitative estimate of drug-likeness (QED) is 0.223. The fourth-order valence-electron chi connectivity index (χ4n) is 3.32. The molecule has 1 aromatic heterocycles. The molecule has 0 aliphatic heterocycles. The number of H-pyrrole nitrogens is 1. The minimum atomic E-state index is -3.22. The van der Waals surface area contributed by atoms with E-state index in [0.717, 1.165) is 11.9 Å². The maximum absolute atomic E-state index is 13.7. The molecule has 0 amide bonds. The predicted octanol–water partition coefficient (Wildman–Crippen LogP) is 3.77. The Morgan fingerprint density at radius 3 is 2.61 bits per heavy atom. The van der Waals surface area contributed by atoms with Gasteiger partial charge >= 0.3 is 0 Å². The maximum atomic E-state index is 13.7. The van der Waals surface area contributed by atoms with Crippen LogP contribution in [0.3, 0.4) is 0 Å². The Hall–Kier alpha value is -2.14. The number of aliphatic imine (C=N–C) groups is 1. The monoisotopic (exact) mass is 558 g/mol. The first kappa shape index (κ1) is 25.1. The highest BCUT2D eigenvalue weighted by Crippen LogP contribution is 2.18. The molecule has 3 N–H and O–H groups in total. The Labute approximate surface area is 199 Å². The van der Waals surface area contributed by atoms with E-state index in [1.807, 2.05) is 31.3 Å². The first-order valence-electron chi connectivity index (χ1n) is 9.88. The second-order valence-electron chi connectivity index (χ2n) is 7.21. The van der Waals surface area contributed by atoms with Crippen molar-refractivity contribution in [3.8, 4) is 0 Å². The van der Waals surface area contributed by atoms with Gasteiger partial charge in [0.15, 0.2) is 15.8 Å². The molecule has 31 heavy (non-hydrogen) atoms. The van der Waals surface area contributed by atoms with Crippen LogP contribution in [0.25, 0.3) is 10.9 Å². The summed E-state index contributed by atoms with van der Waals surface area (Å²) in [6.07, 6.45) is 3.99. The Kier molecular flexibility index (Phi) is 9.30. The highest BCUT2D eigenvalue weighted by atomic mass is 127. The first-order chi connectivity index (χ1) is 14.4. The van der Waals surface area contributed by atoms with E-state index >= 15 is 0 Å². The van der Waals surface area contributed by atoms with Gasteiger partial charge in [-0.05, 0) is 48.2 Å². The van der Waals surface area contributed by atoms with Crippen LogP contribution in [-0.2, 0) is 28.6 Å². The molecule has 0 aliphatic rings. The molecule has 0 radical (unpaired) electrons. The molecular weight excluding hydrogens is 530 g/mol. The minimum absolute atomic E-state index is 0. The van der Waals surface area contributed by atoms with Crippen LogP contribution >= 0.6 is 24.0 Å². The highest BCUT2D eigenvalue weighted by Gasteiger charge is 2.11. The average molecular weight is 558 g/mol. The Bertz CT molecular complexity index is 1150. The van der Waals surface area contributed by atoms with E-state index < -0.39 is 15.7 Å². The number of guanidine groups is 1. The van der Waals surface area contributed by atoms with Crippen LogP contribution in [0.5, 0.6) is 0 Å². The Morgan fingerprint density at radius 1 is 1.10 bits per heavy atom. The van der Waals surface area contributed by atoms with Crippen molar-refractivity contribution in [1.29, 1.82) is 0 Å². The topological polar surface area (TPSA) is 86.3 Å². The van der Waals surface area contributed by atoms with Crippen molar-refractivity contribution in [2.45, 2.75) is 25.6 Å². The van der Waals surface area contributed by atoms with Gasteiger partial charge < -0.3 is 15.6 Å². The van der Waals surface area contributed by atoms with E-state index in [9.17, 15) is 12.8 Å². The predicted molar refractivity (Wildman–Crippen MR) is 135 cm³/mol. The molecule has 0 saturated heterocycles. The SMILES string of the molecule is CCNC(=NCc1cc(F)ccc1CS(C)(=O)=O)NCCc1c[nH]c2ccccc12.I. The van der Waals surface area contributed by atoms with Crippen molar-refractivity contribution in [3.63, 3.8) is 0 Å². The zero-order valence-corrected chi connectivity index (χ0v) is 20.8. The van der Waals surface area contributed by atoms with Gasteiger partial charge in [0, 0.05) is 36.4 Å². The molecule has 0 spiro atoms. The summed E-state index contributed by atoms with van der Waals surface area (Å²) in [5.41, 5.74) is 3.46. The van der Waals surface area contributed by atoms with Crippen molar-refractivity contribution in [2.24, 2.45) is 4.99 Å². The molecule has 0 bridgehead atoms. The molecule has 0 fully saturated rings. The van der Waals surface area contributed by atoms with Crippen molar-refractivity contribution < 1.29 is 12.8 Å². The number of hydrogen-bond acceptors (Lipinski definition) is 3. The average Bonchev–Trinajstić information content (AvgIpc) is 3.10. The lowest BCUT2D eigenvalue weighted by molar-refractivity contribution is 0.600. The molecule has 168 valence electrons. The van der Waals surface area contributed by atoms with E-state index in [4.69, 9.17) is 0 Å². The molecule has 1 heterocycles. The van der Waals surface area contributed by atoms with Crippen LogP contribution in [0.2, 0.25) is 0 Å². The molecule has 0 atom stereocenters. The number of aromatic nitrogens is 1. The van der Waals surface area contributed by atoms with Gasteiger partial charge in [0.25, 0.3) is 0 Å². The summed E-state index contributed by atoms with van der Waals surface area (Å²) in [6.45, 7) is 3.50. The number of halogens is 2. The maximum Gasteiger partial charge on any atom is 0.191 e. The summed E-state index contributed by atoms with van der Waals surface area (Å²) in [5, 5.41) is 7.66. The van der Waals surface area contributed by atoms with Gasteiger partial charge in [0.05, 0.1) is 12.3 Å². The third kappa shape index (κ3) is 7.49. The number of rotatable bonds is 8. The number of nitrogens with zero attached hydrogens (tertiary/aromatic N) is 1. The molecule has 0 aliphatic carbocycles. The van der Waals surface area contributed by atoms with Crippen molar-refractivity contribution in [1.82, 2.24) is 15.6 Å². The van der Waals surface area contributed by atoms with Crippen LogP contribution in [-0.4, -0.2) is 38.7 Å². The first-order valence-corrected chi connectivity index (χ1v) is 11.9. The van der Waals surface area contributed by atoms with Crippen molar-refractivity contribution in [3.05, 3.63) is 71.2 Å². The van der Waals surface area contributed by atoms with Gasteiger partial charge in [0.1, 0.15) is 5.82 Å². The standard InChI is InChI=1S/C22H27FN4O2S.HI/c1-3-24-22(25-11-10-16-13-26-21-7-5-4-6-20(16)21)27-14-18-12-19(23)9-8-17(18)15-30(2,28)29;/h4-9,12-13,26H,3,10-11,14-15H2,1-2H3,(H2,24,25,27);1H. The Balaban J connectivity index is 0.00000341. The summed E-state index contributed by atoms with van der Waals surface area (Å²) < 4.78 is 37.0. The number of hydrogen-bond donors (Lipinski definition) is 3. The molecule has 9 heteroatoms. The highest BCUT2D eigenvalue weighted by molar-refractivity contribution is 14.0. The molecule has 0 unspecified atom stereocenters. The molecule has 6 nitrogen and oxygen atoms in total. The largest absolute Gasteiger partial charge is 0.361 e. The molecule has 2 aromatic carbocycles. The zero-order valence-electron chi connectivity index (χ0n) is 17.6. The van der Waals surface area contributed by atoms with E-state index in [0.29, 0.717) is 30.2 Å². The molecule has 3 rings (SSSR count). The summed E-state index contributed by atoms with van der Waals surface area (Å²) in [6, 6.07) is 12.3. The van der Waals surface area contributed by atoms with Crippen LogP contribution in [0.15, 0.2) is 53.7 Å². The van der Waals surface area contributed by atoms with Crippen LogP contribution in [0, 0.1) is 5.82 Å². The number of para-hydroxylation sites is 1. The van der Waals surface area contributed by atoms with Crippen LogP contribution in [0.4, 0.5) is 4.39 Å². The molecule has 0 saturated carbocycles. The second-order valence-corrected chi connectivity index (χ2v) is 9.35. The molecule has 3 aromatic rings. The number of sulfone groups is 1. The normalized spacial score (nSPS) is 11.9. The van der Waals surface area contributed by atoms with Crippen LogP contribution in [0.1, 0.15) is 23.6 Å². The summed E-state index contributed by atoms with van der Waals surface area (Å²) in [7, 11) is -3.22. The fraction of sp³-hybridized carbons (Fsp3) is 0.318. The third-order valence-corrected chi connectivity index (χ3v) is 5.53. The van der Waals surface area contributed by atoms with Crippen LogP contribution < -0.4 is 10.6 Å². The number of benzene rings is 2. The second kappa shape index (κ2) is 11.5. The van der Waals surface area contributed by atoms with Gasteiger partial charge in [-0.3, -0.25) is 0 Å². The number of aromatic amines is 1. The lowest BCUT2D eigenvalue weighted by atomic mass is 10.1. The summed E-state index contributed by atoms with van der Waals surface area (Å²) in [4.78, 5) is 7.79. The van der Waals surface area contributed by atoms with Gasteiger partial charge in [-0.15, -0.1) is 24.0 Å². The third-order valence-electron chi connectivity index (χ3n) is 4.70. The minimum Gasteiger partial charge on any atom is -0.361 e. The zero-order chi connectivity index (χ0) is 21.6. The van der Waals surface area contributed by atoms with Gasteiger partial charge in [-0.1, -0.05) is 24.3 Å². The Morgan fingerprint density at radius 2 is 1.87 bits per heavy atom. The fourth-order valence-corrected chi connectivity index (χ4v) is 4.17. The van der Waals surface area contributed by atoms with Crippen molar-refractivity contribution >= 4 is 50.7 Å². The van der Waals surface area contributed by atoms with Gasteiger partial charge in [-0.25, -0.2) is 17.8 Å². The van der Waals surface area contributed by atoms with Gasteiger partial charge in [0.2, 0.25) is 0 Å². The number of fused-ring (bicyclic) bond motifs is 1. The van der Waals surface area contributed by atoms with E-state index in [1.165, 1.54) is 35.4 Å². The van der Waals surface area contributed by atoms with Gasteiger partial charge in [-0.2, -0.15) is 0 Å². The van der Waals surface area contributed by atoms with Crippen molar-refractivity contribution in [2.75, 3.05) is 19.3 Å². The summed E-state index contributed by atoms with van der Waals surface area (Å²) in [5.74, 6) is 0.0597. The summed E-state index contributed by atoms with van der Waals surface area (Å²) >= 11 is 0. The lowest BCUT2D eigenvalue weighted by Crippen LogP contribution is -2.38. The number of nitrogens with one attached hydrogen (secondary N) is 3. The lowest BCUT2D eigenvalue weighted by Gasteiger charge is -2.12. The smallest absolute Gasteiger partial charge is 0.191 e.